The van der Waals surface area contributed by atoms with Crippen LogP contribution >= 0.6 is 0 Å². The predicted octanol–water partition coefficient (Wildman–Crippen LogP) is 2.17. The van der Waals surface area contributed by atoms with Crippen molar-refractivity contribution in [3.05, 3.63) is 33.6 Å². The van der Waals surface area contributed by atoms with Crippen molar-refractivity contribution >= 4 is 5.69 Å². The molecule has 0 radical (unpaired) electrons. The SMILES string of the molecule is NC1(c2cc([N+](=O)[O-])c(F)cc2O)CCCC1. The van der Waals surface area contributed by atoms with Crippen molar-refractivity contribution in [1.29, 1.82) is 0 Å². The Bertz CT molecular complexity index is 470. The van der Waals surface area contributed by atoms with Crippen molar-refractivity contribution in [1.82, 2.24) is 0 Å². The molecule has 92 valence electrons. The van der Waals surface area contributed by atoms with Crippen LogP contribution in [0.5, 0.6) is 5.75 Å². The molecule has 1 aliphatic rings. The first-order valence-corrected chi connectivity index (χ1v) is 5.40. The predicted molar refractivity (Wildman–Crippen MR) is 59.1 cm³/mol. The van der Waals surface area contributed by atoms with Crippen LogP contribution < -0.4 is 5.73 Å². The van der Waals surface area contributed by atoms with Gasteiger partial charge < -0.3 is 10.8 Å². The smallest absolute Gasteiger partial charge is 0.305 e. The first-order chi connectivity index (χ1) is 7.94. The van der Waals surface area contributed by atoms with Crippen LogP contribution in [0, 0.1) is 15.9 Å². The molecule has 0 saturated heterocycles. The standard InChI is InChI=1S/C11H13FN2O3/c12-8-6-10(15)7(5-9(8)14(16)17)11(13)3-1-2-4-11/h5-6,15H,1-4,13H2. The van der Waals surface area contributed by atoms with Gasteiger partial charge in [0.1, 0.15) is 5.75 Å². The number of rotatable bonds is 2. The van der Waals surface area contributed by atoms with Crippen molar-refractivity contribution in [3.8, 4) is 5.75 Å². The Morgan fingerprint density at radius 3 is 2.53 bits per heavy atom. The minimum Gasteiger partial charge on any atom is -0.507 e. The average Bonchev–Trinajstić information content (AvgIpc) is 2.65. The minimum atomic E-state index is -1.04. The lowest BCUT2D eigenvalue weighted by molar-refractivity contribution is -0.387. The van der Waals surface area contributed by atoms with Crippen LogP contribution in [0.15, 0.2) is 12.1 Å². The van der Waals surface area contributed by atoms with Gasteiger partial charge in [-0.1, -0.05) is 12.8 Å². The highest BCUT2D eigenvalue weighted by molar-refractivity contribution is 5.48. The number of halogens is 1. The molecule has 0 spiro atoms. The van der Waals surface area contributed by atoms with E-state index in [2.05, 4.69) is 0 Å². The average molecular weight is 240 g/mol. The van der Waals surface area contributed by atoms with E-state index in [9.17, 15) is 19.6 Å². The second-order valence-electron chi connectivity index (χ2n) is 4.44. The fourth-order valence-corrected chi connectivity index (χ4v) is 2.37. The highest BCUT2D eigenvalue weighted by Crippen LogP contribution is 2.42. The van der Waals surface area contributed by atoms with Crippen LogP contribution in [0.25, 0.3) is 0 Å². The number of nitro groups is 1. The van der Waals surface area contributed by atoms with Gasteiger partial charge in [-0.25, -0.2) is 0 Å². The molecule has 0 aliphatic heterocycles. The van der Waals surface area contributed by atoms with Gasteiger partial charge in [0.15, 0.2) is 0 Å². The quantitative estimate of drug-likeness (QED) is 0.612. The summed E-state index contributed by atoms with van der Waals surface area (Å²) < 4.78 is 13.3. The number of benzene rings is 1. The maximum absolute atomic E-state index is 13.3. The van der Waals surface area contributed by atoms with Gasteiger partial charge in [-0.3, -0.25) is 10.1 Å². The number of hydrogen-bond donors (Lipinski definition) is 2. The largest absolute Gasteiger partial charge is 0.507 e. The first kappa shape index (κ1) is 11.8. The number of phenolic OH excluding ortho intramolecular Hbond substituents is 1. The Balaban J connectivity index is 2.54. The molecule has 1 fully saturated rings. The molecule has 0 aromatic heterocycles. The summed E-state index contributed by atoms with van der Waals surface area (Å²) in [5.74, 6) is -1.35. The summed E-state index contributed by atoms with van der Waals surface area (Å²) in [6.07, 6.45) is 3.09. The van der Waals surface area contributed by atoms with E-state index in [1.807, 2.05) is 0 Å². The van der Waals surface area contributed by atoms with Crippen LogP contribution in [0.2, 0.25) is 0 Å². The van der Waals surface area contributed by atoms with E-state index in [1.54, 1.807) is 0 Å². The summed E-state index contributed by atoms with van der Waals surface area (Å²) in [5.41, 5.74) is 4.94. The third-order valence-corrected chi connectivity index (χ3v) is 3.29. The lowest BCUT2D eigenvalue weighted by atomic mass is 9.88. The molecule has 0 atom stereocenters. The molecule has 1 aromatic rings. The third-order valence-electron chi connectivity index (χ3n) is 3.29. The van der Waals surface area contributed by atoms with Crippen molar-refractivity contribution < 1.29 is 14.4 Å². The molecular weight excluding hydrogens is 227 g/mol. The van der Waals surface area contributed by atoms with Gasteiger partial charge in [0.05, 0.1) is 4.92 Å². The zero-order valence-electron chi connectivity index (χ0n) is 9.15. The molecule has 0 bridgehead atoms. The summed E-state index contributed by atoms with van der Waals surface area (Å²) in [7, 11) is 0. The monoisotopic (exact) mass is 240 g/mol. The van der Waals surface area contributed by atoms with E-state index in [-0.39, 0.29) is 11.3 Å². The topological polar surface area (TPSA) is 89.4 Å². The first-order valence-electron chi connectivity index (χ1n) is 5.40. The van der Waals surface area contributed by atoms with Crippen LogP contribution in [0.4, 0.5) is 10.1 Å². The number of phenols is 1. The van der Waals surface area contributed by atoms with E-state index >= 15 is 0 Å². The van der Waals surface area contributed by atoms with Gasteiger partial charge in [-0.15, -0.1) is 0 Å². The van der Waals surface area contributed by atoms with Crippen LogP contribution in [-0.2, 0) is 5.54 Å². The fraction of sp³-hybridized carbons (Fsp3) is 0.455. The zero-order chi connectivity index (χ0) is 12.6. The molecule has 0 amide bonds. The van der Waals surface area contributed by atoms with Gasteiger partial charge >= 0.3 is 5.69 Å². The number of nitrogens with two attached hydrogens (primary N) is 1. The Kier molecular flexibility index (Phi) is 2.74. The second kappa shape index (κ2) is 3.96. The van der Waals surface area contributed by atoms with E-state index in [4.69, 9.17) is 5.73 Å². The molecule has 0 unspecified atom stereocenters. The van der Waals surface area contributed by atoms with Gasteiger partial charge in [0.2, 0.25) is 5.82 Å². The van der Waals surface area contributed by atoms with Crippen LogP contribution in [0.1, 0.15) is 31.2 Å². The van der Waals surface area contributed by atoms with Crippen molar-refractivity contribution in [2.75, 3.05) is 0 Å². The van der Waals surface area contributed by atoms with E-state index in [0.717, 1.165) is 25.0 Å². The molecule has 1 aromatic carbocycles. The fourth-order valence-electron chi connectivity index (χ4n) is 2.37. The van der Waals surface area contributed by atoms with Crippen molar-refractivity contribution in [2.24, 2.45) is 5.73 Å². The van der Waals surface area contributed by atoms with E-state index in [0.29, 0.717) is 12.8 Å². The highest BCUT2D eigenvalue weighted by Gasteiger charge is 2.35. The molecule has 17 heavy (non-hydrogen) atoms. The van der Waals surface area contributed by atoms with Crippen molar-refractivity contribution in [2.45, 2.75) is 31.2 Å². The van der Waals surface area contributed by atoms with Gasteiger partial charge in [0, 0.05) is 23.2 Å². The van der Waals surface area contributed by atoms with Gasteiger partial charge in [-0.05, 0) is 12.8 Å². The molecule has 6 heteroatoms. The molecule has 5 nitrogen and oxygen atoms in total. The Hall–Kier alpha value is -1.69. The third kappa shape index (κ3) is 1.95. The molecular formula is C11H13FN2O3. The summed E-state index contributed by atoms with van der Waals surface area (Å²) in [5, 5.41) is 20.3. The lowest BCUT2D eigenvalue weighted by Gasteiger charge is -2.24. The summed E-state index contributed by atoms with van der Waals surface area (Å²) in [6.45, 7) is 0. The Morgan fingerprint density at radius 1 is 1.41 bits per heavy atom. The van der Waals surface area contributed by atoms with Crippen LogP contribution in [0.3, 0.4) is 0 Å². The van der Waals surface area contributed by atoms with Gasteiger partial charge in [0.25, 0.3) is 0 Å². The zero-order valence-corrected chi connectivity index (χ0v) is 9.15. The minimum absolute atomic E-state index is 0.267. The summed E-state index contributed by atoms with van der Waals surface area (Å²) >= 11 is 0. The number of nitrogens with zero attached hydrogens (tertiary/aromatic N) is 1. The second-order valence-corrected chi connectivity index (χ2v) is 4.44. The molecule has 3 N–H and O–H groups in total. The molecule has 2 rings (SSSR count). The maximum atomic E-state index is 13.3. The highest BCUT2D eigenvalue weighted by atomic mass is 19.1. The molecule has 1 saturated carbocycles. The van der Waals surface area contributed by atoms with Gasteiger partial charge in [-0.2, -0.15) is 4.39 Å². The molecule has 0 heterocycles. The van der Waals surface area contributed by atoms with E-state index < -0.39 is 22.0 Å². The maximum Gasteiger partial charge on any atom is 0.305 e. The van der Waals surface area contributed by atoms with E-state index in [1.165, 1.54) is 0 Å². The number of nitro benzene ring substituents is 1. The van der Waals surface area contributed by atoms with Crippen LogP contribution in [-0.4, -0.2) is 10.0 Å². The number of aromatic hydroxyl groups is 1. The summed E-state index contributed by atoms with van der Waals surface area (Å²) in [4.78, 5) is 9.84. The lowest BCUT2D eigenvalue weighted by Crippen LogP contribution is -2.33. The van der Waals surface area contributed by atoms with Crippen molar-refractivity contribution in [3.63, 3.8) is 0 Å². The molecule has 1 aliphatic carbocycles. The summed E-state index contributed by atoms with van der Waals surface area (Å²) in [6, 6.07) is 1.82. The Morgan fingerprint density at radius 2 is 2.00 bits per heavy atom. The Labute approximate surface area is 97.2 Å². The number of hydrogen-bond acceptors (Lipinski definition) is 4. The normalized spacial score (nSPS) is 18.2.